The van der Waals surface area contributed by atoms with Gasteiger partial charge in [-0.1, -0.05) is 12.8 Å². The Kier molecular flexibility index (Phi) is 8.05. The fraction of sp³-hybridized carbons (Fsp3) is 0.724. The summed E-state index contributed by atoms with van der Waals surface area (Å²) < 4.78 is 6.74. The van der Waals surface area contributed by atoms with Crippen molar-refractivity contribution in [3.63, 3.8) is 0 Å². The van der Waals surface area contributed by atoms with Crippen molar-refractivity contribution in [2.75, 3.05) is 25.9 Å². The van der Waals surface area contributed by atoms with E-state index in [-0.39, 0.29) is 41.9 Å². The maximum absolute atomic E-state index is 13.9. The van der Waals surface area contributed by atoms with Gasteiger partial charge in [0.2, 0.25) is 0 Å². The molecule has 7 unspecified atom stereocenters. The van der Waals surface area contributed by atoms with Gasteiger partial charge < -0.3 is 19.9 Å². The number of ketones is 1. The van der Waals surface area contributed by atoms with Crippen molar-refractivity contribution in [1.29, 1.82) is 0 Å². The number of morpholine rings is 1. The zero-order chi connectivity index (χ0) is 26.1. The third kappa shape index (κ3) is 5.39. The minimum Gasteiger partial charge on any atom is -0.371 e. The molecule has 1 amide bonds. The van der Waals surface area contributed by atoms with E-state index in [9.17, 15) is 9.59 Å². The van der Waals surface area contributed by atoms with Crippen LogP contribution < -0.4 is 5.32 Å². The van der Waals surface area contributed by atoms with Crippen LogP contribution in [0.2, 0.25) is 0 Å². The fourth-order valence-electron chi connectivity index (χ4n) is 7.48. The fourth-order valence-corrected chi connectivity index (χ4v) is 8.81. The smallest absolute Gasteiger partial charge is 0.256 e. The van der Waals surface area contributed by atoms with Gasteiger partial charge in [0.25, 0.3) is 5.91 Å². The third-order valence-corrected chi connectivity index (χ3v) is 10.7. The normalized spacial score (nSPS) is 34.9. The van der Waals surface area contributed by atoms with Crippen molar-refractivity contribution in [1.82, 2.24) is 25.1 Å². The van der Waals surface area contributed by atoms with E-state index < -0.39 is 0 Å². The number of thioether (sulfide) groups is 1. The number of aromatic nitrogens is 2. The number of likely N-dealkylation sites (tertiary alicyclic amines) is 1. The lowest BCUT2D eigenvalue weighted by Gasteiger charge is -2.57. The first-order chi connectivity index (χ1) is 18.6. The summed E-state index contributed by atoms with van der Waals surface area (Å²) in [5, 5.41) is 3.44. The van der Waals surface area contributed by atoms with Crippen molar-refractivity contribution in [2.45, 2.75) is 99.8 Å². The molecular formula is C29H41N5O3S. The zero-order valence-corrected chi connectivity index (χ0v) is 23.3. The van der Waals surface area contributed by atoms with E-state index in [1.54, 1.807) is 12.4 Å². The van der Waals surface area contributed by atoms with Gasteiger partial charge in [0.05, 0.1) is 35.6 Å². The number of carbonyl (C=O) groups is 2. The second-order valence-corrected chi connectivity index (χ2v) is 13.2. The first-order valence-corrected chi connectivity index (χ1v) is 15.7. The Morgan fingerprint density at radius 2 is 2.05 bits per heavy atom. The van der Waals surface area contributed by atoms with Crippen molar-refractivity contribution in [3.05, 3.63) is 36.1 Å². The molecule has 206 valence electrons. The molecule has 38 heavy (non-hydrogen) atoms. The summed E-state index contributed by atoms with van der Waals surface area (Å²) in [6, 6.07) is 0.857. The molecule has 1 aromatic rings. The van der Waals surface area contributed by atoms with Gasteiger partial charge in [0.15, 0.2) is 5.78 Å². The number of hydrogen-bond donors (Lipinski definition) is 1. The highest BCUT2D eigenvalue weighted by molar-refractivity contribution is 7.99. The van der Waals surface area contributed by atoms with Crippen molar-refractivity contribution >= 4 is 23.5 Å². The zero-order valence-electron chi connectivity index (χ0n) is 22.5. The lowest BCUT2D eigenvalue weighted by atomic mass is 9.72. The summed E-state index contributed by atoms with van der Waals surface area (Å²) in [6.07, 6.45) is 17.9. The average Bonchev–Trinajstić information content (AvgIpc) is 3.35. The summed E-state index contributed by atoms with van der Waals surface area (Å²) >= 11 is 1.92. The quantitative estimate of drug-likeness (QED) is 0.505. The standard InChI is InChI=1S/C29H41N5O3S/c1-33-13-4-5-20(33)8-10-32-29(36)23-18-34-24-6-2-3-7-25(24)37-26-16-21(15-22(27(26)34)28(23)35)38-14-9-19-17-30-11-12-31-19/h11-12,17-18,20-22,24-27H,2-10,13-16H2,1H3,(H,32,36). The molecule has 2 saturated heterocycles. The molecule has 9 heteroatoms. The molecule has 1 N–H and O–H groups in total. The highest BCUT2D eigenvalue weighted by Crippen LogP contribution is 2.47. The SMILES string of the molecule is CN1CCCC1CCNC(=O)C1=CN2C3CCCCC3OC3CC(SCCc4cnccn4)CC(C1=O)C32. The lowest BCUT2D eigenvalue weighted by molar-refractivity contribution is -0.179. The van der Waals surface area contributed by atoms with Gasteiger partial charge in [-0.15, -0.1) is 0 Å². The van der Waals surface area contributed by atoms with Crippen LogP contribution in [0.15, 0.2) is 30.4 Å². The number of aryl methyl sites for hydroxylation is 1. The molecule has 7 atom stereocenters. The van der Waals surface area contributed by atoms with Crippen molar-refractivity contribution < 1.29 is 14.3 Å². The predicted octanol–water partition coefficient (Wildman–Crippen LogP) is 2.98. The molecule has 6 rings (SSSR count). The topological polar surface area (TPSA) is 87.7 Å². The number of hydrogen-bond acceptors (Lipinski definition) is 8. The molecule has 5 aliphatic rings. The molecule has 4 heterocycles. The summed E-state index contributed by atoms with van der Waals surface area (Å²) in [4.78, 5) is 40.6. The molecule has 0 spiro atoms. The van der Waals surface area contributed by atoms with Crippen LogP contribution in [0.3, 0.4) is 0 Å². The maximum atomic E-state index is 13.9. The van der Waals surface area contributed by atoms with Gasteiger partial charge in [-0.25, -0.2) is 0 Å². The molecule has 2 aliphatic carbocycles. The highest BCUT2D eigenvalue weighted by atomic mass is 32.2. The van der Waals surface area contributed by atoms with Crippen LogP contribution >= 0.6 is 11.8 Å². The largest absolute Gasteiger partial charge is 0.371 e. The second-order valence-electron chi connectivity index (χ2n) is 11.7. The summed E-state index contributed by atoms with van der Waals surface area (Å²) in [5.41, 5.74) is 1.36. The van der Waals surface area contributed by atoms with Gasteiger partial charge >= 0.3 is 0 Å². The van der Waals surface area contributed by atoms with Gasteiger partial charge in [-0.05, 0) is 64.3 Å². The number of Topliss-reactive ketones (excluding diaryl/α,β-unsaturated/α-hetero) is 1. The van der Waals surface area contributed by atoms with E-state index in [4.69, 9.17) is 4.74 Å². The average molecular weight is 540 g/mol. The van der Waals surface area contributed by atoms with E-state index in [2.05, 4.69) is 32.1 Å². The van der Waals surface area contributed by atoms with Crippen LogP contribution in [-0.2, 0) is 20.7 Å². The van der Waals surface area contributed by atoms with Gasteiger partial charge in [-0.3, -0.25) is 19.6 Å². The van der Waals surface area contributed by atoms with E-state index in [1.807, 2.05) is 24.2 Å². The molecule has 0 bridgehead atoms. The van der Waals surface area contributed by atoms with Crippen LogP contribution in [0.4, 0.5) is 0 Å². The monoisotopic (exact) mass is 539 g/mol. The molecular weight excluding hydrogens is 498 g/mol. The Balaban J connectivity index is 1.16. The Morgan fingerprint density at radius 3 is 2.87 bits per heavy atom. The second kappa shape index (κ2) is 11.6. The number of amides is 1. The van der Waals surface area contributed by atoms with E-state index in [0.717, 1.165) is 56.5 Å². The van der Waals surface area contributed by atoms with E-state index in [0.29, 0.717) is 23.4 Å². The first kappa shape index (κ1) is 26.3. The maximum Gasteiger partial charge on any atom is 0.256 e. The summed E-state index contributed by atoms with van der Waals surface area (Å²) in [6.45, 7) is 1.75. The van der Waals surface area contributed by atoms with Crippen molar-refractivity contribution in [2.24, 2.45) is 5.92 Å². The van der Waals surface area contributed by atoms with E-state index in [1.165, 1.54) is 25.7 Å². The molecule has 4 fully saturated rings. The number of nitrogens with one attached hydrogen (secondary N) is 1. The minimum absolute atomic E-state index is 0.0174. The molecule has 2 saturated carbocycles. The number of ether oxygens (including phenoxy) is 1. The number of carbonyl (C=O) groups excluding carboxylic acids is 2. The van der Waals surface area contributed by atoms with Crippen LogP contribution in [0.5, 0.6) is 0 Å². The van der Waals surface area contributed by atoms with Crippen molar-refractivity contribution in [3.8, 4) is 0 Å². The lowest BCUT2D eigenvalue weighted by Crippen LogP contribution is -2.67. The Bertz CT molecular complexity index is 1040. The molecule has 0 aromatic carbocycles. The minimum atomic E-state index is -0.193. The molecule has 3 aliphatic heterocycles. The van der Waals surface area contributed by atoms with Gasteiger partial charge in [0.1, 0.15) is 0 Å². The van der Waals surface area contributed by atoms with E-state index >= 15 is 0 Å². The Morgan fingerprint density at radius 1 is 1.16 bits per heavy atom. The van der Waals surface area contributed by atoms with Crippen LogP contribution in [0, 0.1) is 5.92 Å². The van der Waals surface area contributed by atoms with Gasteiger partial charge in [-0.2, -0.15) is 11.8 Å². The molecule has 1 aromatic heterocycles. The number of rotatable bonds is 8. The Labute approximate surface area is 230 Å². The summed E-state index contributed by atoms with van der Waals surface area (Å²) in [5.74, 6) is 0.582. The number of nitrogens with zero attached hydrogens (tertiary/aromatic N) is 4. The number of fused-ring (bicyclic) bond motifs is 2. The van der Waals surface area contributed by atoms with Crippen LogP contribution in [-0.4, -0.2) is 92.9 Å². The Hall–Kier alpha value is -1.97. The third-order valence-electron chi connectivity index (χ3n) is 9.44. The first-order valence-electron chi connectivity index (χ1n) is 14.6. The molecule has 8 nitrogen and oxygen atoms in total. The van der Waals surface area contributed by atoms with Crippen LogP contribution in [0.1, 0.15) is 63.5 Å². The van der Waals surface area contributed by atoms with Gasteiger partial charge in [0, 0.05) is 55.0 Å². The highest BCUT2D eigenvalue weighted by Gasteiger charge is 2.54. The molecule has 0 radical (unpaired) electrons. The van der Waals surface area contributed by atoms with Crippen LogP contribution in [0.25, 0.3) is 0 Å². The summed E-state index contributed by atoms with van der Waals surface area (Å²) in [7, 11) is 2.16. The predicted molar refractivity (Wildman–Crippen MR) is 148 cm³/mol.